The number of benzene rings is 2. The number of halogens is 1. The summed E-state index contributed by atoms with van der Waals surface area (Å²) >= 11 is 3.37. The van der Waals surface area contributed by atoms with Crippen molar-refractivity contribution in [2.45, 2.75) is 19.8 Å². The van der Waals surface area contributed by atoms with Crippen LogP contribution in [0.5, 0.6) is 0 Å². The number of nitrogens with zero attached hydrogens (tertiary/aromatic N) is 1. The molecule has 142 valence electrons. The molecule has 27 heavy (non-hydrogen) atoms. The molecule has 0 atom stereocenters. The first-order valence-corrected chi connectivity index (χ1v) is 9.40. The number of carbonyl (C=O) groups excluding carboxylic acids is 3. The van der Waals surface area contributed by atoms with E-state index < -0.39 is 5.91 Å². The second-order valence-corrected chi connectivity index (χ2v) is 6.93. The van der Waals surface area contributed by atoms with Gasteiger partial charge in [-0.15, -0.1) is 0 Å². The zero-order chi connectivity index (χ0) is 19.8. The Morgan fingerprint density at radius 3 is 2.22 bits per heavy atom. The minimum absolute atomic E-state index is 0.0153. The maximum Gasteiger partial charge on any atom is 0.248 e. The lowest BCUT2D eigenvalue weighted by Gasteiger charge is -2.20. The molecule has 0 saturated carbocycles. The van der Waals surface area contributed by atoms with Gasteiger partial charge in [-0.3, -0.25) is 14.4 Å². The molecule has 0 aromatic heterocycles. The molecule has 0 radical (unpaired) electrons. The van der Waals surface area contributed by atoms with Gasteiger partial charge in [0.1, 0.15) is 0 Å². The number of hydrogen-bond acceptors (Lipinski definition) is 3. The van der Waals surface area contributed by atoms with Gasteiger partial charge >= 0.3 is 0 Å². The summed E-state index contributed by atoms with van der Waals surface area (Å²) in [6.45, 7) is 2.77. The fourth-order valence-corrected chi connectivity index (χ4v) is 2.79. The zero-order valence-corrected chi connectivity index (χ0v) is 16.7. The van der Waals surface area contributed by atoms with Gasteiger partial charge in [-0.25, -0.2) is 0 Å². The number of likely N-dealkylation sites (N-methyl/N-ethyl adjacent to an activating group) is 1. The third kappa shape index (κ3) is 6.53. The predicted molar refractivity (Wildman–Crippen MR) is 108 cm³/mol. The molecule has 0 heterocycles. The van der Waals surface area contributed by atoms with Crippen molar-refractivity contribution in [1.82, 2.24) is 4.90 Å². The van der Waals surface area contributed by atoms with Gasteiger partial charge < -0.3 is 16.0 Å². The highest BCUT2D eigenvalue weighted by Crippen LogP contribution is 2.12. The summed E-state index contributed by atoms with van der Waals surface area (Å²) < 4.78 is 0.964. The Morgan fingerprint density at radius 2 is 1.67 bits per heavy atom. The third-order valence-electron chi connectivity index (χ3n) is 4.06. The number of amides is 3. The van der Waals surface area contributed by atoms with E-state index in [0.717, 1.165) is 10.0 Å². The summed E-state index contributed by atoms with van der Waals surface area (Å²) in [4.78, 5) is 37.3. The van der Waals surface area contributed by atoms with E-state index in [1.165, 1.54) is 0 Å². The minimum atomic E-state index is -0.518. The van der Waals surface area contributed by atoms with Gasteiger partial charge in [-0.2, -0.15) is 0 Å². The molecule has 3 amide bonds. The van der Waals surface area contributed by atoms with Crippen molar-refractivity contribution in [1.29, 1.82) is 0 Å². The van der Waals surface area contributed by atoms with E-state index in [-0.39, 0.29) is 18.2 Å². The molecule has 0 aliphatic carbocycles. The van der Waals surface area contributed by atoms with Crippen molar-refractivity contribution in [3.8, 4) is 0 Å². The first-order valence-electron chi connectivity index (χ1n) is 8.61. The molecule has 2 aromatic carbocycles. The minimum Gasteiger partial charge on any atom is -0.366 e. The molecule has 7 heteroatoms. The summed E-state index contributed by atoms with van der Waals surface area (Å²) in [6, 6.07) is 13.9. The van der Waals surface area contributed by atoms with Crippen molar-refractivity contribution in [2.75, 3.05) is 18.4 Å². The molecule has 0 spiro atoms. The van der Waals surface area contributed by atoms with E-state index >= 15 is 0 Å². The number of primary amides is 1. The molecule has 3 N–H and O–H groups in total. The molecule has 0 aliphatic heterocycles. The van der Waals surface area contributed by atoms with Gasteiger partial charge in [0, 0.05) is 35.2 Å². The average molecular weight is 432 g/mol. The molecular weight excluding hydrogens is 410 g/mol. The number of nitrogens with two attached hydrogens (primary N) is 1. The van der Waals surface area contributed by atoms with Crippen LogP contribution in [0.1, 0.15) is 29.3 Å². The SMILES string of the molecule is CCN(CCC(=O)Nc1ccc(C(N)=O)cc1)C(=O)Cc1ccc(Br)cc1. The van der Waals surface area contributed by atoms with Gasteiger partial charge in [0.15, 0.2) is 0 Å². The molecule has 2 aromatic rings. The average Bonchev–Trinajstić information content (AvgIpc) is 2.64. The van der Waals surface area contributed by atoms with Gasteiger partial charge in [-0.1, -0.05) is 28.1 Å². The van der Waals surface area contributed by atoms with E-state index in [0.29, 0.717) is 30.8 Å². The first-order chi connectivity index (χ1) is 12.9. The Kier molecular flexibility index (Phi) is 7.55. The van der Waals surface area contributed by atoms with E-state index in [1.54, 1.807) is 29.2 Å². The highest BCUT2D eigenvalue weighted by Gasteiger charge is 2.14. The van der Waals surface area contributed by atoms with E-state index in [1.807, 2.05) is 31.2 Å². The van der Waals surface area contributed by atoms with Crippen LogP contribution in [0, 0.1) is 0 Å². The predicted octanol–water partition coefficient (Wildman–Crippen LogP) is 2.97. The van der Waals surface area contributed by atoms with Crippen molar-refractivity contribution in [2.24, 2.45) is 5.73 Å². The van der Waals surface area contributed by atoms with Crippen molar-refractivity contribution in [3.63, 3.8) is 0 Å². The monoisotopic (exact) mass is 431 g/mol. The first kappa shape index (κ1) is 20.6. The molecule has 0 fully saturated rings. The molecule has 0 saturated heterocycles. The maximum atomic E-state index is 12.4. The van der Waals surface area contributed by atoms with Crippen molar-refractivity contribution in [3.05, 3.63) is 64.1 Å². The number of rotatable bonds is 8. The van der Waals surface area contributed by atoms with Gasteiger partial charge in [0.05, 0.1) is 6.42 Å². The second-order valence-electron chi connectivity index (χ2n) is 6.02. The fourth-order valence-electron chi connectivity index (χ4n) is 2.53. The molecule has 6 nitrogen and oxygen atoms in total. The fraction of sp³-hybridized carbons (Fsp3) is 0.250. The standard InChI is InChI=1S/C20H22BrN3O3/c1-2-24(19(26)13-14-3-7-16(21)8-4-14)12-11-18(25)23-17-9-5-15(6-10-17)20(22)27/h3-10H,2,11-13H2,1H3,(H2,22,27)(H,23,25). The molecule has 0 bridgehead atoms. The van der Waals surface area contributed by atoms with Crippen LogP contribution in [0.4, 0.5) is 5.69 Å². The van der Waals surface area contributed by atoms with E-state index in [9.17, 15) is 14.4 Å². The largest absolute Gasteiger partial charge is 0.366 e. The Bertz CT molecular complexity index is 804. The highest BCUT2D eigenvalue weighted by atomic mass is 79.9. The molecule has 0 aliphatic rings. The summed E-state index contributed by atoms with van der Waals surface area (Å²) in [5.41, 5.74) is 7.07. The van der Waals surface area contributed by atoms with E-state index in [2.05, 4.69) is 21.2 Å². The van der Waals surface area contributed by atoms with Crippen LogP contribution in [0.3, 0.4) is 0 Å². The Balaban J connectivity index is 1.84. The van der Waals surface area contributed by atoms with Crippen LogP contribution in [-0.4, -0.2) is 35.7 Å². The number of nitrogens with one attached hydrogen (secondary N) is 1. The van der Waals surface area contributed by atoms with Crippen LogP contribution >= 0.6 is 15.9 Å². The van der Waals surface area contributed by atoms with Crippen LogP contribution < -0.4 is 11.1 Å². The smallest absolute Gasteiger partial charge is 0.248 e. The topological polar surface area (TPSA) is 92.5 Å². The van der Waals surface area contributed by atoms with Crippen LogP contribution in [0.25, 0.3) is 0 Å². The number of hydrogen-bond donors (Lipinski definition) is 2. The molecule has 2 rings (SSSR count). The lowest BCUT2D eigenvalue weighted by Crippen LogP contribution is -2.34. The van der Waals surface area contributed by atoms with Gasteiger partial charge in [0.25, 0.3) is 0 Å². The molecular formula is C20H22BrN3O3. The van der Waals surface area contributed by atoms with Crippen LogP contribution in [0.2, 0.25) is 0 Å². The highest BCUT2D eigenvalue weighted by molar-refractivity contribution is 9.10. The molecule has 0 unspecified atom stereocenters. The summed E-state index contributed by atoms with van der Waals surface area (Å²) in [7, 11) is 0. The van der Waals surface area contributed by atoms with Gasteiger partial charge in [-0.05, 0) is 48.9 Å². The number of anilines is 1. The van der Waals surface area contributed by atoms with Crippen LogP contribution in [-0.2, 0) is 16.0 Å². The van der Waals surface area contributed by atoms with Crippen LogP contribution in [0.15, 0.2) is 53.0 Å². The summed E-state index contributed by atoms with van der Waals surface area (Å²) in [6.07, 6.45) is 0.495. The third-order valence-corrected chi connectivity index (χ3v) is 4.59. The van der Waals surface area contributed by atoms with E-state index in [4.69, 9.17) is 5.73 Å². The normalized spacial score (nSPS) is 10.3. The van der Waals surface area contributed by atoms with Crippen molar-refractivity contribution >= 4 is 39.3 Å². The Morgan fingerprint density at radius 1 is 1.04 bits per heavy atom. The zero-order valence-electron chi connectivity index (χ0n) is 15.1. The Labute approximate surface area is 166 Å². The Hall–Kier alpha value is -2.67. The lowest BCUT2D eigenvalue weighted by atomic mass is 10.1. The number of carbonyl (C=O) groups is 3. The van der Waals surface area contributed by atoms with Crippen molar-refractivity contribution < 1.29 is 14.4 Å². The second kappa shape index (κ2) is 9.87. The van der Waals surface area contributed by atoms with Gasteiger partial charge in [0.2, 0.25) is 17.7 Å². The summed E-state index contributed by atoms with van der Waals surface area (Å²) in [5.74, 6) is -0.731. The lowest BCUT2D eigenvalue weighted by molar-refractivity contribution is -0.130. The maximum absolute atomic E-state index is 12.4. The quantitative estimate of drug-likeness (QED) is 0.672. The summed E-state index contributed by atoms with van der Waals surface area (Å²) in [5, 5.41) is 2.75.